The summed E-state index contributed by atoms with van der Waals surface area (Å²) >= 11 is 6.65. The lowest BCUT2D eigenvalue weighted by Gasteiger charge is -2.12. The molecule has 0 heterocycles. The predicted molar refractivity (Wildman–Crippen MR) is 101 cm³/mol. The number of hydrogen-bond donors (Lipinski definition) is 4. The summed E-state index contributed by atoms with van der Waals surface area (Å²) < 4.78 is 12.0. The highest BCUT2D eigenvalue weighted by atomic mass is 79.9. The number of ether oxygens (including phenoxy) is 2. The topological polar surface area (TPSA) is 121 Å². The number of carbonyl (C=O) groups is 1. The van der Waals surface area contributed by atoms with E-state index in [0.29, 0.717) is 16.0 Å². The molecule has 0 aliphatic heterocycles. The van der Waals surface area contributed by atoms with Gasteiger partial charge in [0.05, 0.1) is 17.8 Å². The van der Waals surface area contributed by atoms with Crippen LogP contribution < -0.4 is 14.9 Å². The van der Waals surface area contributed by atoms with E-state index in [1.165, 1.54) is 19.2 Å². The molecule has 0 unspecified atom stereocenters. The highest BCUT2D eigenvalue weighted by Gasteiger charge is 2.13. The third-order valence-corrected chi connectivity index (χ3v) is 4.14. The van der Waals surface area contributed by atoms with Crippen molar-refractivity contribution in [2.24, 2.45) is 5.10 Å². The van der Waals surface area contributed by atoms with Crippen LogP contribution in [0.15, 0.2) is 38.3 Å². The molecular weight excluding hydrogens is 476 g/mol. The standard InChI is InChI=1S/C16H14Br2N2O6/c1-25-12-5-9(17)4-10(18)16(12)26-7-13(22)20-19-6-8-2-3-11(21)15(24)14(8)23/h2-6,21,23-24H,7H2,1H3,(H,20,22). The normalized spacial score (nSPS) is 10.7. The van der Waals surface area contributed by atoms with E-state index in [4.69, 9.17) is 9.47 Å². The van der Waals surface area contributed by atoms with Crippen LogP contribution in [-0.2, 0) is 4.79 Å². The summed E-state index contributed by atoms with van der Waals surface area (Å²) in [5.41, 5.74) is 2.33. The highest BCUT2D eigenvalue weighted by Crippen LogP contribution is 2.38. The molecule has 26 heavy (non-hydrogen) atoms. The van der Waals surface area contributed by atoms with Crippen molar-refractivity contribution < 1.29 is 29.6 Å². The van der Waals surface area contributed by atoms with Crippen LogP contribution in [0.1, 0.15) is 5.56 Å². The summed E-state index contributed by atoms with van der Waals surface area (Å²) in [5, 5.41) is 32.0. The van der Waals surface area contributed by atoms with Crippen molar-refractivity contribution in [3.05, 3.63) is 38.8 Å². The molecule has 2 aromatic rings. The number of nitrogens with zero attached hydrogens (tertiary/aromatic N) is 1. The number of methoxy groups -OCH3 is 1. The first-order chi connectivity index (χ1) is 12.3. The van der Waals surface area contributed by atoms with Crippen molar-refractivity contribution in [3.8, 4) is 28.7 Å². The monoisotopic (exact) mass is 488 g/mol. The minimum atomic E-state index is -0.671. The maximum atomic E-state index is 11.8. The van der Waals surface area contributed by atoms with Gasteiger partial charge >= 0.3 is 0 Å². The third-order valence-electron chi connectivity index (χ3n) is 3.10. The van der Waals surface area contributed by atoms with Gasteiger partial charge in [0.25, 0.3) is 5.91 Å². The quantitative estimate of drug-likeness (QED) is 0.281. The molecule has 0 aliphatic carbocycles. The molecule has 0 spiro atoms. The van der Waals surface area contributed by atoms with Crippen molar-refractivity contribution in [2.45, 2.75) is 0 Å². The minimum Gasteiger partial charge on any atom is -0.504 e. The molecule has 138 valence electrons. The predicted octanol–water partition coefficient (Wildman–Crippen LogP) is 2.87. The molecule has 0 bridgehead atoms. The summed E-state index contributed by atoms with van der Waals surface area (Å²) in [6.07, 6.45) is 1.11. The molecule has 0 fully saturated rings. The van der Waals surface area contributed by atoms with Gasteiger partial charge in [-0.25, -0.2) is 5.43 Å². The van der Waals surface area contributed by atoms with Gasteiger partial charge < -0.3 is 24.8 Å². The van der Waals surface area contributed by atoms with Crippen molar-refractivity contribution in [1.82, 2.24) is 5.43 Å². The Morgan fingerprint density at radius 3 is 2.65 bits per heavy atom. The number of rotatable bonds is 6. The second-order valence-electron chi connectivity index (χ2n) is 4.87. The van der Waals surface area contributed by atoms with Gasteiger partial charge in [-0.05, 0) is 40.2 Å². The third kappa shape index (κ3) is 4.79. The second kappa shape index (κ2) is 8.77. The Kier molecular flexibility index (Phi) is 6.70. The van der Waals surface area contributed by atoms with E-state index in [2.05, 4.69) is 42.4 Å². The number of hydrogen-bond acceptors (Lipinski definition) is 7. The van der Waals surface area contributed by atoms with E-state index in [-0.39, 0.29) is 12.2 Å². The number of nitrogens with one attached hydrogen (secondary N) is 1. The molecular formula is C16H14Br2N2O6. The first kappa shape index (κ1) is 19.9. The van der Waals surface area contributed by atoms with Crippen LogP contribution in [0.4, 0.5) is 0 Å². The minimum absolute atomic E-state index is 0.110. The van der Waals surface area contributed by atoms with E-state index < -0.39 is 23.2 Å². The molecule has 0 radical (unpaired) electrons. The molecule has 8 nitrogen and oxygen atoms in total. The number of phenolic OH excluding ortho intramolecular Hbond substituents is 3. The summed E-state index contributed by atoms with van der Waals surface area (Å²) in [6.45, 7) is -0.333. The van der Waals surface area contributed by atoms with Gasteiger partial charge in [0.1, 0.15) is 0 Å². The summed E-state index contributed by atoms with van der Waals surface area (Å²) in [6, 6.07) is 5.93. The van der Waals surface area contributed by atoms with Crippen LogP contribution in [0.5, 0.6) is 28.7 Å². The number of halogens is 2. The van der Waals surface area contributed by atoms with Crippen molar-refractivity contribution in [1.29, 1.82) is 0 Å². The van der Waals surface area contributed by atoms with Gasteiger partial charge in [0, 0.05) is 10.0 Å². The molecule has 4 N–H and O–H groups in total. The molecule has 2 aromatic carbocycles. The van der Waals surface area contributed by atoms with Crippen LogP contribution in [-0.4, -0.2) is 41.2 Å². The van der Waals surface area contributed by atoms with E-state index in [1.807, 2.05) is 0 Å². The van der Waals surface area contributed by atoms with E-state index in [1.54, 1.807) is 12.1 Å². The lowest BCUT2D eigenvalue weighted by molar-refractivity contribution is -0.123. The molecule has 0 atom stereocenters. The SMILES string of the molecule is COc1cc(Br)cc(Br)c1OCC(=O)NN=Cc1ccc(O)c(O)c1O. The van der Waals surface area contributed by atoms with Gasteiger partial charge in [-0.2, -0.15) is 5.10 Å². The fourth-order valence-corrected chi connectivity index (χ4v) is 3.16. The van der Waals surface area contributed by atoms with E-state index in [9.17, 15) is 20.1 Å². The Labute approximate surface area is 165 Å². The lowest BCUT2D eigenvalue weighted by atomic mass is 10.2. The highest BCUT2D eigenvalue weighted by molar-refractivity contribution is 9.11. The first-order valence-corrected chi connectivity index (χ1v) is 8.63. The number of carbonyl (C=O) groups excluding carboxylic acids is 1. The van der Waals surface area contributed by atoms with Crippen molar-refractivity contribution in [2.75, 3.05) is 13.7 Å². The largest absolute Gasteiger partial charge is 0.504 e. The zero-order valence-electron chi connectivity index (χ0n) is 13.4. The molecule has 1 amide bonds. The fraction of sp³-hybridized carbons (Fsp3) is 0.125. The Bertz CT molecular complexity index is 857. The molecule has 0 saturated carbocycles. The Hall–Kier alpha value is -2.46. The van der Waals surface area contributed by atoms with Crippen LogP contribution in [0.3, 0.4) is 0 Å². The van der Waals surface area contributed by atoms with E-state index >= 15 is 0 Å². The molecule has 0 aliphatic rings. The fourth-order valence-electron chi connectivity index (χ4n) is 1.86. The lowest BCUT2D eigenvalue weighted by Crippen LogP contribution is -2.24. The van der Waals surface area contributed by atoms with Crippen LogP contribution in [0.2, 0.25) is 0 Å². The second-order valence-corrected chi connectivity index (χ2v) is 6.64. The number of benzene rings is 2. The molecule has 2 rings (SSSR count). The van der Waals surface area contributed by atoms with Gasteiger partial charge in [-0.3, -0.25) is 4.79 Å². The van der Waals surface area contributed by atoms with Crippen LogP contribution in [0.25, 0.3) is 0 Å². The van der Waals surface area contributed by atoms with Crippen molar-refractivity contribution >= 4 is 44.0 Å². The zero-order chi connectivity index (χ0) is 19.3. The first-order valence-electron chi connectivity index (χ1n) is 7.05. The summed E-state index contributed by atoms with van der Waals surface area (Å²) in [7, 11) is 1.48. The Morgan fingerprint density at radius 1 is 1.23 bits per heavy atom. The maximum absolute atomic E-state index is 11.8. The Balaban J connectivity index is 1.97. The number of phenols is 3. The van der Waals surface area contributed by atoms with Gasteiger partial charge in [0.15, 0.2) is 29.6 Å². The Morgan fingerprint density at radius 2 is 1.96 bits per heavy atom. The zero-order valence-corrected chi connectivity index (χ0v) is 16.5. The van der Waals surface area contributed by atoms with Crippen molar-refractivity contribution in [3.63, 3.8) is 0 Å². The molecule has 0 saturated heterocycles. The molecule has 0 aromatic heterocycles. The molecule has 10 heteroatoms. The van der Waals surface area contributed by atoms with Gasteiger partial charge in [-0.1, -0.05) is 15.9 Å². The van der Waals surface area contributed by atoms with E-state index in [0.717, 1.165) is 10.7 Å². The number of hydrazone groups is 1. The van der Waals surface area contributed by atoms with Crippen LogP contribution in [0, 0.1) is 0 Å². The van der Waals surface area contributed by atoms with Crippen LogP contribution >= 0.6 is 31.9 Å². The summed E-state index contributed by atoms with van der Waals surface area (Å²) in [5.74, 6) is -1.45. The average molecular weight is 490 g/mol. The summed E-state index contributed by atoms with van der Waals surface area (Å²) in [4.78, 5) is 11.8. The van der Waals surface area contributed by atoms with Gasteiger partial charge in [-0.15, -0.1) is 0 Å². The number of amides is 1. The smallest absolute Gasteiger partial charge is 0.277 e. The number of aromatic hydroxyl groups is 3. The maximum Gasteiger partial charge on any atom is 0.277 e. The van der Waals surface area contributed by atoms with Gasteiger partial charge in [0.2, 0.25) is 5.75 Å². The average Bonchev–Trinajstić information content (AvgIpc) is 2.60.